The third-order valence-corrected chi connectivity index (χ3v) is 3.93. The van der Waals surface area contributed by atoms with Crippen LogP contribution in [0.2, 0.25) is 0 Å². The molecule has 1 heterocycles. The molecule has 1 saturated heterocycles. The van der Waals surface area contributed by atoms with E-state index in [0.717, 1.165) is 18.8 Å². The predicted octanol–water partition coefficient (Wildman–Crippen LogP) is 2.12. The maximum absolute atomic E-state index is 8.95. The predicted molar refractivity (Wildman–Crippen MR) is 76.5 cm³/mol. The zero-order chi connectivity index (χ0) is 13.8. The Morgan fingerprint density at radius 3 is 2.89 bits per heavy atom. The molecule has 0 saturated carbocycles. The van der Waals surface area contributed by atoms with E-state index in [4.69, 9.17) is 10.00 Å². The summed E-state index contributed by atoms with van der Waals surface area (Å²) in [7, 11) is 3.79. The second-order valence-electron chi connectivity index (χ2n) is 5.14. The summed E-state index contributed by atoms with van der Waals surface area (Å²) in [4.78, 5) is 4.65. The van der Waals surface area contributed by atoms with Crippen molar-refractivity contribution in [3.05, 3.63) is 24.3 Å². The normalized spacial score (nSPS) is 24.0. The molecule has 0 spiro atoms. The lowest BCUT2D eigenvalue weighted by Gasteiger charge is -2.44. The smallest absolute Gasteiger partial charge is 0.120 e. The Morgan fingerprint density at radius 1 is 1.42 bits per heavy atom. The Labute approximate surface area is 115 Å². The monoisotopic (exact) mass is 259 g/mol. The van der Waals surface area contributed by atoms with Crippen molar-refractivity contribution >= 4 is 5.69 Å². The molecule has 102 valence electrons. The van der Waals surface area contributed by atoms with E-state index < -0.39 is 0 Å². The van der Waals surface area contributed by atoms with Gasteiger partial charge in [0.1, 0.15) is 5.75 Å². The van der Waals surface area contributed by atoms with Gasteiger partial charge in [0.05, 0.1) is 19.6 Å². The Hall–Kier alpha value is -1.73. The quantitative estimate of drug-likeness (QED) is 0.833. The first-order valence-electron chi connectivity index (χ1n) is 6.63. The van der Waals surface area contributed by atoms with Gasteiger partial charge in [-0.2, -0.15) is 5.26 Å². The molecule has 0 radical (unpaired) electrons. The van der Waals surface area contributed by atoms with Crippen molar-refractivity contribution in [2.24, 2.45) is 0 Å². The third-order valence-electron chi connectivity index (χ3n) is 3.93. The van der Waals surface area contributed by atoms with Crippen molar-refractivity contribution in [2.45, 2.75) is 25.4 Å². The second-order valence-corrected chi connectivity index (χ2v) is 5.14. The van der Waals surface area contributed by atoms with E-state index in [2.05, 4.69) is 42.0 Å². The van der Waals surface area contributed by atoms with Gasteiger partial charge in [-0.25, -0.2) is 0 Å². The summed E-state index contributed by atoms with van der Waals surface area (Å²) < 4.78 is 5.28. The molecule has 0 N–H and O–H groups in total. The van der Waals surface area contributed by atoms with Crippen LogP contribution in [0.5, 0.6) is 5.75 Å². The average molecular weight is 259 g/mol. The molecular weight excluding hydrogens is 238 g/mol. The molecule has 0 aliphatic carbocycles. The number of ether oxygens (including phenoxy) is 1. The molecule has 0 bridgehead atoms. The SMILES string of the molecule is COc1cccc(N2CC(C)N(C)C(CC#N)C2)c1. The minimum atomic E-state index is 0.292. The fraction of sp³-hybridized carbons (Fsp3) is 0.533. The zero-order valence-electron chi connectivity index (χ0n) is 11.8. The van der Waals surface area contributed by atoms with E-state index in [-0.39, 0.29) is 0 Å². The van der Waals surface area contributed by atoms with E-state index in [1.807, 2.05) is 12.1 Å². The fourth-order valence-electron chi connectivity index (χ4n) is 2.60. The van der Waals surface area contributed by atoms with Gasteiger partial charge in [-0.05, 0) is 26.1 Å². The Bertz CT molecular complexity index is 469. The number of benzene rings is 1. The number of nitriles is 1. The molecular formula is C15H21N3O. The first-order valence-corrected chi connectivity index (χ1v) is 6.63. The van der Waals surface area contributed by atoms with Crippen LogP contribution in [0.25, 0.3) is 0 Å². The van der Waals surface area contributed by atoms with E-state index in [0.29, 0.717) is 18.5 Å². The lowest BCUT2D eigenvalue weighted by molar-refractivity contribution is 0.160. The second kappa shape index (κ2) is 5.94. The molecule has 19 heavy (non-hydrogen) atoms. The van der Waals surface area contributed by atoms with Crippen molar-refractivity contribution in [1.29, 1.82) is 5.26 Å². The van der Waals surface area contributed by atoms with Gasteiger partial charge in [-0.3, -0.25) is 4.90 Å². The van der Waals surface area contributed by atoms with Crippen LogP contribution in [0.1, 0.15) is 13.3 Å². The molecule has 4 heteroatoms. The summed E-state index contributed by atoms with van der Waals surface area (Å²) in [6.45, 7) is 4.07. The maximum Gasteiger partial charge on any atom is 0.120 e. The van der Waals surface area contributed by atoms with Crippen LogP contribution in [0, 0.1) is 11.3 Å². The molecule has 1 fully saturated rings. The van der Waals surface area contributed by atoms with Crippen LogP contribution in [0.4, 0.5) is 5.69 Å². The van der Waals surface area contributed by atoms with Gasteiger partial charge in [0, 0.05) is 36.9 Å². The van der Waals surface area contributed by atoms with Gasteiger partial charge in [-0.1, -0.05) is 6.07 Å². The highest BCUT2D eigenvalue weighted by atomic mass is 16.5. The molecule has 2 atom stereocenters. The number of piperazine rings is 1. The van der Waals surface area contributed by atoms with Crippen LogP contribution < -0.4 is 9.64 Å². The van der Waals surface area contributed by atoms with Gasteiger partial charge >= 0.3 is 0 Å². The summed E-state index contributed by atoms with van der Waals surface area (Å²) >= 11 is 0. The number of anilines is 1. The molecule has 0 aromatic heterocycles. The van der Waals surface area contributed by atoms with Crippen molar-refractivity contribution in [1.82, 2.24) is 4.90 Å². The molecule has 4 nitrogen and oxygen atoms in total. The number of rotatable bonds is 3. The van der Waals surface area contributed by atoms with Gasteiger partial charge in [-0.15, -0.1) is 0 Å². The lowest BCUT2D eigenvalue weighted by atomic mass is 10.0. The Morgan fingerprint density at radius 2 is 2.21 bits per heavy atom. The highest BCUT2D eigenvalue weighted by Crippen LogP contribution is 2.25. The number of hydrogen-bond acceptors (Lipinski definition) is 4. The topological polar surface area (TPSA) is 39.5 Å². The highest BCUT2D eigenvalue weighted by Gasteiger charge is 2.29. The largest absolute Gasteiger partial charge is 0.497 e. The molecule has 2 rings (SSSR count). The lowest BCUT2D eigenvalue weighted by Crippen LogP contribution is -2.56. The Balaban J connectivity index is 2.18. The molecule has 1 aromatic rings. The number of nitrogens with zero attached hydrogens (tertiary/aromatic N) is 3. The summed E-state index contributed by atoms with van der Waals surface area (Å²) in [6, 6.07) is 11.1. The third kappa shape index (κ3) is 2.99. The fourth-order valence-corrected chi connectivity index (χ4v) is 2.60. The van der Waals surface area contributed by atoms with Crippen molar-refractivity contribution in [3.63, 3.8) is 0 Å². The molecule has 0 amide bonds. The first kappa shape index (κ1) is 13.7. The van der Waals surface area contributed by atoms with Crippen molar-refractivity contribution in [3.8, 4) is 11.8 Å². The van der Waals surface area contributed by atoms with E-state index in [1.165, 1.54) is 5.69 Å². The average Bonchev–Trinajstić information content (AvgIpc) is 2.44. The standard InChI is InChI=1S/C15H21N3O/c1-12-10-18(11-14(7-8-16)17(12)2)13-5-4-6-15(9-13)19-3/h4-6,9,12,14H,7,10-11H2,1-3H3. The van der Waals surface area contributed by atoms with Crippen LogP contribution in [0.3, 0.4) is 0 Å². The van der Waals surface area contributed by atoms with Crippen molar-refractivity contribution in [2.75, 3.05) is 32.1 Å². The van der Waals surface area contributed by atoms with Gasteiger partial charge < -0.3 is 9.64 Å². The summed E-state index contributed by atoms with van der Waals surface area (Å²) in [6.07, 6.45) is 0.571. The van der Waals surface area contributed by atoms with Gasteiger partial charge in [0.25, 0.3) is 0 Å². The van der Waals surface area contributed by atoms with Gasteiger partial charge in [0.15, 0.2) is 0 Å². The van der Waals surface area contributed by atoms with Crippen LogP contribution in [-0.4, -0.2) is 44.2 Å². The summed E-state index contributed by atoms with van der Waals surface area (Å²) in [5.41, 5.74) is 1.17. The van der Waals surface area contributed by atoms with Crippen LogP contribution in [-0.2, 0) is 0 Å². The van der Waals surface area contributed by atoms with Crippen LogP contribution in [0.15, 0.2) is 24.3 Å². The highest BCUT2D eigenvalue weighted by molar-refractivity contribution is 5.51. The first-order chi connectivity index (χ1) is 9.15. The number of hydrogen-bond donors (Lipinski definition) is 0. The minimum Gasteiger partial charge on any atom is -0.497 e. The zero-order valence-corrected chi connectivity index (χ0v) is 11.8. The minimum absolute atomic E-state index is 0.292. The number of methoxy groups -OCH3 is 1. The number of likely N-dealkylation sites (N-methyl/N-ethyl adjacent to an activating group) is 1. The molecule has 2 unspecified atom stereocenters. The van der Waals surface area contributed by atoms with E-state index in [1.54, 1.807) is 7.11 Å². The van der Waals surface area contributed by atoms with Crippen molar-refractivity contribution < 1.29 is 4.74 Å². The summed E-state index contributed by atoms with van der Waals surface area (Å²) in [5.74, 6) is 0.876. The van der Waals surface area contributed by atoms with Gasteiger partial charge in [0.2, 0.25) is 0 Å². The molecule has 1 aliphatic rings. The summed E-state index contributed by atoms with van der Waals surface area (Å²) in [5, 5.41) is 8.95. The van der Waals surface area contributed by atoms with E-state index in [9.17, 15) is 0 Å². The maximum atomic E-state index is 8.95. The Kier molecular flexibility index (Phi) is 4.28. The molecule has 1 aliphatic heterocycles. The molecule has 1 aromatic carbocycles. The van der Waals surface area contributed by atoms with E-state index >= 15 is 0 Å². The van der Waals surface area contributed by atoms with Crippen LogP contribution >= 0.6 is 0 Å².